The van der Waals surface area contributed by atoms with Gasteiger partial charge in [0.2, 0.25) is 0 Å². The maximum atomic E-state index is 10.4. The number of carbonyl (C=O) groups excluding carboxylic acids is 1. The van der Waals surface area contributed by atoms with E-state index in [9.17, 15) is 14.7 Å². The molecule has 0 aromatic heterocycles. The van der Waals surface area contributed by atoms with Crippen molar-refractivity contribution in [2.24, 2.45) is 0 Å². The first kappa shape index (κ1) is 8.90. The Morgan fingerprint density at radius 3 is 2.30 bits per heavy atom. The second kappa shape index (κ2) is 3.84. The Morgan fingerprint density at radius 1 is 1.50 bits per heavy atom. The number of aliphatic carboxylic acids is 1. The van der Waals surface area contributed by atoms with Crippen LogP contribution < -0.4 is 0 Å². The van der Waals surface area contributed by atoms with Crippen LogP contribution in [0, 0.1) is 0 Å². The van der Waals surface area contributed by atoms with Crippen LogP contribution in [0.15, 0.2) is 0 Å². The topological polar surface area (TPSA) is 77.5 Å². The van der Waals surface area contributed by atoms with Gasteiger partial charge < -0.3 is 10.0 Å². The minimum absolute atomic E-state index is 0.416. The normalized spacial score (nSPS) is 9.00. The number of carboxylic acids is 1. The molecule has 0 aromatic carbocycles. The zero-order valence-electron chi connectivity index (χ0n) is 5.53. The lowest BCUT2D eigenvalue weighted by atomic mass is 10.5. The van der Waals surface area contributed by atoms with Gasteiger partial charge >= 0.3 is 5.97 Å². The van der Waals surface area contributed by atoms with Crippen LogP contribution in [0.3, 0.4) is 0 Å². The molecule has 1 amide bonds. The summed E-state index contributed by atoms with van der Waals surface area (Å²) in [6.07, 6.45) is 0. The predicted octanol–water partition coefficient (Wildman–Crippen LogP) is -1.04. The monoisotopic (exact) mass is 146 g/mol. The molecule has 1 radical (unpaired) electrons. The molecular formula is C5H8NO4. The Morgan fingerprint density at radius 2 is 2.00 bits per heavy atom. The van der Waals surface area contributed by atoms with Gasteiger partial charge in [0.1, 0.15) is 6.54 Å². The fourth-order valence-electron chi connectivity index (χ4n) is 0.401. The molecule has 57 valence electrons. The molecule has 0 rings (SSSR count). The summed E-state index contributed by atoms with van der Waals surface area (Å²) in [6, 6.07) is 0. The lowest BCUT2D eigenvalue weighted by molar-refractivity contribution is -0.145. The number of nitrogens with zero attached hydrogens (tertiary/aromatic N) is 1. The Hall–Kier alpha value is -1.10. The Kier molecular flexibility index (Phi) is 3.42. The van der Waals surface area contributed by atoms with Gasteiger partial charge in [-0.05, 0) is 0 Å². The summed E-state index contributed by atoms with van der Waals surface area (Å²) in [5, 5.41) is 18.0. The summed E-state index contributed by atoms with van der Waals surface area (Å²) < 4.78 is 0. The van der Waals surface area contributed by atoms with Crippen molar-refractivity contribution in [1.29, 1.82) is 0 Å². The summed E-state index contributed by atoms with van der Waals surface area (Å²) >= 11 is 0. The van der Waals surface area contributed by atoms with Crippen LogP contribution in [0.4, 0.5) is 0 Å². The average molecular weight is 146 g/mol. The molecule has 5 nitrogen and oxygen atoms in total. The van der Waals surface area contributed by atoms with E-state index in [4.69, 9.17) is 5.11 Å². The quantitative estimate of drug-likeness (QED) is 0.552. The third-order valence-electron chi connectivity index (χ3n) is 0.922. The Bertz CT molecular complexity index is 145. The van der Waals surface area contributed by atoms with Crippen molar-refractivity contribution in [3.8, 4) is 0 Å². The highest BCUT2D eigenvalue weighted by Crippen LogP contribution is 1.82. The molecule has 0 saturated carbocycles. The smallest absolute Gasteiger partial charge is 0.323 e. The maximum absolute atomic E-state index is 10.4. The molecule has 0 heterocycles. The molecule has 5 heteroatoms. The largest absolute Gasteiger partial charge is 0.480 e. The molecule has 0 atom stereocenters. The molecule has 1 N–H and O–H groups in total. The first-order valence-corrected chi connectivity index (χ1v) is 2.61. The van der Waals surface area contributed by atoms with Crippen LogP contribution in [0.5, 0.6) is 0 Å². The highest BCUT2D eigenvalue weighted by Gasteiger charge is 2.09. The number of hydrogen-bond donors (Lipinski definition) is 1. The number of likely N-dealkylation sites (N-methyl/N-ethyl adjacent to an activating group) is 1. The maximum Gasteiger partial charge on any atom is 0.323 e. The standard InChI is InChI=1S/C5H8NO4/c1-6(2-5(9)10)4(8)3-7/h2-3H2,1H3,(H,9,10). The fraction of sp³-hybridized carbons (Fsp3) is 0.600. The molecule has 0 unspecified atom stereocenters. The highest BCUT2D eigenvalue weighted by molar-refractivity contribution is 5.81. The van der Waals surface area contributed by atoms with Gasteiger partial charge in [-0.2, -0.15) is 0 Å². The summed E-state index contributed by atoms with van der Waals surface area (Å²) in [5.74, 6) is -1.83. The third-order valence-corrected chi connectivity index (χ3v) is 0.922. The van der Waals surface area contributed by atoms with E-state index in [1.165, 1.54) is 7.05 Å². The predicted molar refractivity (Wildman–Crippen MR) is 30.8 cm³/mol. The van der Waals surface area contributed by atoms with Gasteiger partial charge in [-0.1, -0.05) is 0 Å². The minimum atomic E-state index is -1.12. The van der Waals surface area contributed by atoms with Crippen molar-refractivity contribution in [1.82, 2.24) is 4.90 Å². The van der Waals surface area contributed by atoms with Crippen LogP contribution in [-0.4, -0.2) is 42.1 Å². The number of carbonyl (C=O) groups is 2. The summed E-state index contributed by atoms with van der Waals surface area (Å²) in [5.41, 5.74) is 0. The number of amides is 1. The van der Waals surface area contributed by atoms with Gasteiger partial charge in [0.25, 0.3) is 5.91 Å². The molecular weight excluding hydrogens is 138 g/mol. The molecule has 0 spiro atoms. The molecule has 0 aliphatic rings. The summed E-state index contributed by atoms with van der Waals surface area (Å²) in [7, 11) is 1.27. The van der Waals surface area contributed by atoms with Gasteiger partial charge in [-0.25, -0.2) is 5.11 Å². The zero-order chi connectivity index (χ0) is 8.15. The van der Waals surface area contributed by atoms with Crippen molar-refractivity contribution < 1.29 is 19.8 Å². The van der Waals surface area contributed by atoms with Crippen LogP contribution >= 0.6 is 0 Å². The van der Waals surface area contributed by atoms with Gasteiger partial charge in [0.15, 0.2) is 6.61 Å². The number of carboxylic acid groups (broad SMARTS) is 1. The molecule has 0 aliphatic heterocycles. The number of hydrogen-bond acceptors (Lipinski definition) is 2. The van der Waals surface area contributed by atoms with Crippen LogP contribution in [0.2, 0.25) is 0 Å². The van der Waals surface area contributed by atoms with E-state index in [2.05, 4.69) is 0 Å². The molecule has 10 heavy (non-hydrogen) atoms. The molecule has 0 fully saturated rings. The molecule has 0 aliphatic carbocycles. The minimum Gasteiger partial charge on any atom is -0.480 e. The van der Waals surface area contributed by atoms with E-state index in [1.807, 2.05) is 0 Å². The molecule has 0 saturated heterocycles. The van der Waals surface area contributed by atoms with Crippen molar-refractivity contribution >= 4 is 11.9 Å². The second-order valence-electron chi connectivity index (χ2n) is 1.79. The Labute approximate surface area is 57.9 Å². The van der Waals surface area contributed by atoms with Crippen LogP contribution in [0.25, 0.3) is 0 Å². The molecule has 0 bridgehead atoms. The third kappa shape index (κ3) is 3.03. The fourth-order valence-corrected chi connectivity index (χ4v) is 0.401. The van der Waals surface area contributed by atoms with E-state index in [1.54, 1.807) is 0 Å². The van der Waals surface area contributed by atoms with Crippen LogP contribution in [0.1, 0.15) is 0 Å². The van der Waals surface area contributed by atoms with Gasteiger partial charge in [0, 0.05) is 7.05 Å². The van der Waals surface area contributed by atoms with Gasteiger partial charge in [-0.3, -0.25) is 9.59 Å². The first-order chi connectivity index (χ1) is 4.57. The second-order valence-corrected chi connectivity index (χ2v) is 1.79. The van der Waals surface area contributed by atoms with Crippen LogP contribution in [-0.2, 0) is 14.7 Å². The average Bonchev–Trinajstić information content (AvgIpc) is 1.85. The van der Waals surface area contributed by atoms with E-state index in [0.717, 1.165) is 4.90 Å². The van der Waals surface area contributed by atoms with E-state index < -0.39 is 25.0 Å². The lowest BCUT2D eigenvalue weighted by Crippen LogP contribution is -2.33. The van der Waals surface area contributed by atoms with Crippen molar-refractivity contribution in [2.45, 2.75) is 0 Å². The van der Waals surface area contributed by atoms with E-state index in [-0.39, 0.29) is 0 Å². The zero-order valence-corrected chi connectivity index (χ0v) is 5.53. The Balaban J connectivity index is 3.72. The first-order valence-electron chi connectivity index (χ1n) is 2.61. The summed E-state index contributed by atoms with van der Waals surface area (Å²) in [6.45, 7) is -1.31. The SMILES string of the molecule is CN(CC(=O)O)C(=O)C[O]. The number of rotatable bonds is 3. The lowest BCUT2D eigenvalue weighted by Gasteiger charge is -2.10. The molecule has 0 aromatic rings. The summed E-state index contributed by atoms with van der Waals surface area (Å²) in [4.78, 5) is 21.2. The highest BCUT2D eigenvalue weighted by atomic mass is 16.4. The van der Waals surface area contributed by atoms with Crippen molar-refractivity contribution in [3.63, 3.8) is 0 Å². The van der Waals surface area contributed by atoms with Crippen molar-refractivity contribution in [2.75, 3.05) is 20.2 Å². The van der Waals surface area contributed by atoms with E-state index in [0.29, 0.717) is 0 Å². The van der Waals surface area contributed by atoms with Gasteiger partial charge in [-0.15, -0.1) is 0 Å². The van der Waals surface area contributed by atoms with E-state index >= 15 is 0 Å². The van der Waals surface area contributed by atoms with Gasteiger partial charge in [0.05, 0.1) is 0 Å². The van der Waals surface area contributed by atoms with Crippen molar-refractivity contribution in [3.05, 3.63) is 0 Å².